The standard InChI is InChI=1S/C11H19N3S/c1-4-10-13-8(2)11(15-10)9-7-14(3)6-5-12-9/h9,12H,4-7H2,1-3H3. The number of hydrogen-bond acceptors (Lipinski definition) is 4. The van der Waals surface area contributed by atoms with Gasteiger partial charge in [0.25, 0.3) is 0 Å². The Labute approximate surface area is 95.5 Å². The van der Waals surface area contributed by atoms with Gasteiger partial charge in [-0.15, -0.1) is 11.3 Å². The van der Waals surface area contributed by atoms with Crippen molar-refractivity contribution in [2.24, 2.45) is 0 Å². The van der Waals surface area contributed by atoms with Crippen LogP contribution in [0.5, 0.6) is 0 Å². The number of nitrogens with one attached hydrogen (secondary N) is 1. The molecule has 1 fully saturated rings. The zero-order valence-electron chi connectivity index (χ0n) is 9.71. The van der Waals surface area contributed by atoms with Crippen LogP contribution in [-0.4, -0.2) is 36.6 Å². The summed E-state index contributed by atoms with van der Waals surface area (Å²) in [5, 5.41) is 4.83. The second kappa shape index (κ2) is 4.60. The molecule has 0 radical (unpaired) electrons. The molecule has 1 aliphatic heterocycles. The Morgan fingerprint density at radius 3 is 3.00 bits per heavy atom. The van der Waals surface area contributed by atoms with Crippen molar-refractivity contribution >= 4 is 11.3 Å². The lowest BCUT2D eigenvalue weighted by molar-refractivity contribution is 0.242. The van der Waals surface area contributed by atoms with Crippen LogP contribution in [0.2, 0.25) is 0 Å². The van der Waals surface area contributed by atoms with Gasteiger partial charge in [0.1, 0.15) is 0 Å². The molecular weight excluding hydrogens is 206 g/mol. The van der Waals surface area contributed by atoms with E-state index >= 15 is 0 Å². The summed E-state index contributed by atoms with van der Waals surface area (Å²) in [5.74, 6) is 0. The van der Waals surface area contributed by atoms with Crippen molar-refractivity contribution in [1.82, 2.24) is 15.2 Å². The molecule has 1 unspecified atom stereocenters. The molecule has 0 spiro atoms. The van der Waals surface area contributed by atoms with Crippen LogP contribution < -0.4 is 5.32 Å². The van der Waals surface area contributed by atoms with Crippen molar-refractivity contribution in [2.75, 3.05) is 26.7 Å². The van der Waals surface area contributed by atoms with E-state index in [0.717, 1.165) is 26.1 Å². The molecule has 0 saturated carbocycles. The van der Waals surface area contributed by atoms with Crippen molar-refractivity contribution in [1.29, 1.82) is 0 Å². The smallest absolute Gasteiger partial charge is 0.0928 e. The minimum atomic E-state index is 0.488. The fourth-order valence-electron chi connectivity index (χ4n) is 2.01. The van der Waals surface area contributed by atoms with E-state index in [0.29, 0.717) is 6.04 Å². The fourth-order valence-corrected chi connectivity index (χ4v) is 3.09. The van der Waals surface area contributed by atoms with Gasteiger partial charge in [-0.3, -0.25) is 0 Å². The lowest BCUT2D eigenvalue weighted by Crippen LogP contribution is -2.43. The maximum absolute atomic E-state index is 4.59. The Balaban J connectivity index is 2.16. The second-order valence-corrected chi connectivity index (χ2v) is 5.29. The Morgan fingerprint density at radius 1 is 1.60 bits per heavy atom. The maximum Gasteiger partial charge on any atom is 0.0928 e. The lowest BCUT2D eigenvalue weighted by Gasteiger charge is -2.30. The number of piperazine rings is 1. The molecule has 3 nitrogen and oxygen atoms in total. The predicted molar refractivity (Wildman–Crippen MR) is 64.5 cm³/mol. The van der Waals surface area contributed by atoms with E-state index in [-0.39, 0.29) is 0 Å². The Bertz CT molecular complexity index is 335. The zero-order chi connectivity index (χ0) is 10.8. The third-order valence-corrected chi connectivity index (χ3v) is 4.29. The van der Waals surface area contributed by atoms with Crippen molar-refractivity contribution in [3.8, 4) is 0 Å². The number of aryl methyl sites for hydroxylation is 2. The summed E-state index contributed by atoms with van der Waals surface area (Å²) in [5.41, 5.74) is 1.21. The SMILES string of the molecule is CCc1nc(C)c(C2CN(C)CCN2)s1. The fraction of sp³-hybridized carbons (Fsp3) is 0.727. The highest BCUT2D eigenvalue weighted by atomic mass is 32.1. The molecular formula is C11H19N3S. The Kier molecular flexibility index (Phi) is 3.38. The first-order valence-electron chi connectivity index (χ1n) is 5.58. The topological polar surface area (TPSA) is 28.2 Å². The first-order chi connectivity index (χ1) is 7.20. The van der Waals surface area contributed by atoms with Crippen molar-refractivity contribution in [2.45, 2.75) is 26.3 Å². The van der Waals surface area contributed by atoms with Crippen molar-refractivity contribution < 1.29 is 0 Å². The van der Waals surface area contributed by atoms with E-state index in [1.165, 1.54) is 15.6 Å². The Hall–Kier alpha value is -0.450. The normalized spacial score (nSPS) is 23.3. The molecule has 1 saturated heterocycles. The van der Waals surface area contributed by atoms with Gasteiger partial charge in [0, 0.05) is 24.5 Å². The zero-order valence-corrected chi connectivity index (χ0v) is 10.5. The maximum atomic E-state index is 4.59. The number of nitrogens with zero attached hydrogens (tertiary/aromatic N) is 2. The molecule has 1 atom stereocenters. The predicted octanol–water partition coefficient (Wildman–Crippen LogP) is 1.59. The third kappa shape index (κ3) is 2.38. The number of hydrogen-bond donors (Lipinski definition) is 1. The molecule has 1 aliphatic rings. The average molecular weight is 225 g/mol. The van der Waals surface area contributed by atoms with Gasteiger partial charge >= 0.3 is 0 Å². The van der Waals surface area contributed by atoms with Crippen LogP contribution in [-0.2, 0) is 6.42 Å². The number of rotatable bonds is 2. The minimum absolute atomic E-state index is 0.488. The molecule has 1 aromatic rings. The van der Waals surface area contributed by atoms with E-state index in [1.807, 2.05) is 11.3 Å². The molecule has 84 valence electrons. The van der Waals surface area contributed by atoms with Gasteiger partial charge < -0.3 is 10.2 Å². The summed E-state index contributed by atoms with van der Waals surface area (Å²) < 4.78 is 0. The average Bonchev–Trinajstić information content (AvgIpc) is 2.60. The molecule has 0 aliphatic carbocycles. The van der Waals surface area contributed by atoms with Crippen molar-refractivity contribution in [3.63, 3.8) is 0 Å². The highest BCUT2D eigenvalue weighted by molar-refractivity contribution is 7.11. The van der Waals surface area contributed by atoms with Crippen LogP contribution in [0.25, 0.3) is 0 Å². The molecule has 0 bridgehead atoms. The monoisotopic (exact) mass is 225 g/mol. The van der Waals surface area contributed by atoms with E-state index < -0.39 is 0 Å². The van der Waals surface area contributed by atoms with E-state index in [9.17, 15) is 0 Å². The van der Waals surface area contributed by atoms with E-state index in [4.69, 9.17) is 0 Å². The summed E-state index contributed by atoms with van der Waals surface area (Å²) in [6.45, 7) is 7.63. The number of likely N-dealkylation sites (N-methyl/N-ethyl adjacent to an activating group) is 1. The molecule has 15 heavy (non-hydrogen) atoms. The highest BCUT2D eigenvalue weighted by Gasteiger charge is 2.22. The van der Waals surface area contributed by atoms with Crippen LogP contribution in [0.4, 0.5) is 0 Å². The minimum Gasteiger partial charge on any atom is -0.307 e. The molecule has 2 rings (SSSR count). The van der Waals surface area contributed by atoms with Crippen LogP contribution in [0.3, 0.4) is 0 Å². The van der Waals surface area contributed by atoms with Gasteiger partial charge in [-0.05, 0) is 20.4 Å². The summed E-state index contributed by atoms with van der Waals surface area (Å²) in [6.07, 6.45) is 1.05. The van der Waals surface area contributed by atoms with E-state index in [2.05, 4.69) is 36.1 Å². The van der Waals surface area contributed by atoms with Gasteiger partial charge in [-0.25, -0.2) is 4.98 Å². The summed E-state index contributed by atoms with van der Waals surface area (Å²) >= 11 is 1.87. The lowest BCUT2D eigenvalue weighted by atomic mass is 10.1. The molecule has 1 aromatic heterocycles. The van der Waals surface area contributed by atoms with Gasteiger partial charge in [0.05, 0.1) is 16.7 Å². The van der Waals surface area contributed by atoms with Gasteiger partial charge in [0.15, 0.2) is 0 Å². The van der Waals surface area contributed by atoms with Crippen LogP contribution >= 0.6 is 11.3 Å². The first kappa shape index (κ1) is 11.0. The summed E-state index contributed by atoms with van der Waals surface area (Å²) in [7, 11) is 2.19. The molecule has 4 heteroatoms. The van der Waals surface area contributed by atoms with Gasteiger partial charge in [0.2, 0.25) is 0 Å². The molecule has 2 heterocycles. The molecule has 0 aromatic carbocycles. The largest absolute Gasteiger partial charge is 0.307 e. The number of thiazole rings is 1. The number of aromatic nitrogens is 1. The third-order valence-electron chi connectivity index (χ3n) is 2.87. The molecule has 1 N–H and O–H groups in total. The molecule has 0 amide bonds. The second-order valence-electron chi connectivity index (χ2n) is 4.18. The summed E-state index contributed by atoms with van der Waals surface area (Å²) in [4.78, 5) is 8.40. The quantitative estimate of drug-likeness (QED) is 0.828. The van der Waals surface area contributed by atoms with Gasteiger partial charge in [-0.1, -0.05) is 6.92 Å². The van der Waals surface area contributed by atoms with Gasteiger partial charge in [-0.2, -0.15) is 0 Å². The Morgan fingerprint density at radius 2 is 2.40 bits per heavy atom. The summed E-state index contributed by atoms with van der Waals surface area (Å²) in [6, 6.07) is 0.488. The van der Waals surface area contributed by atoms with Crippen LogP contribution in [0, 0.1) is 6.92 Å². The van der Waals surface area contributed by atoms with Crippen LogP contribution in [0.15, 0.2) is 0 Å². The van der Waals surface area contributed by atoms with Crippen molar-refractivity contribution in [3.05, 3.63) is 15.6 Å². The highest BCUT2D eigenvalue weighted by Crippen LogP contribution is 2.27. The van der Waals surface area contributed by atoms with Crippen LogP contribution in [0.1, 0.15) is 28.5 Å². The first-order valence-corrected chi connectivity index (χ1v) is 6.40. The van der Waals surface area contributed by atoms with E-state index in [1.54, 1.807) is 0 Å².